The van der Waals surface area contributed by atoms with Crippen LogP contribution in [0, 0.1) is 11.3 Å². The number of fused-ring (bicyclic) bond motifs is 1. The average molecular weight is 434 g/mol. The van der Waals surface area contributed by atoms with Crippen molar-refractivity contribution in [3.05, 3.63) is 70.5 Å². The average Bonchev–Trinajstić information content (AvgIpc) is 2.99. The Morgan fingerprint density at radius 3 is 2.59 bits per heavy atom. The summed E-state index contributed by atoms with van der Waals surface area (Å²) in [7, 11) is 2.09. The molecule has 0 aromatic heterocycles. The van der Waals surface area contributed by atoms with Crippen LogP contribution in [0.2, 0.25) is 0 Å². The van der Waals surface area contributed by atoms with Crippen LogP contribution in [-0.2, 0) is 22.6 Å². The molecule has 0 spiro atoms. The molecule has 3 aliphatic rings. The van der Waals surface area contributed by atoms with Gasteiger partial charge in [0.25, 0.3) is 0 Å². The van der Waals surface area contributed by atoms with E-state index in [9.17, 15) is 4.79 Å². The SMILES string of the molecule is CN1Cc2ccc(C#N)cc2C1.O=CC1=CCC=C(OCCCN2CCCCCC2)C=C1. The maximum atomic E-state index is 10.7. The van der Waals surface area contributed by atoms with E-state index in [1.807, 2.05) is 36.4 Å². The van der Waals surface area contributed by atoms with E-state index in [0.717, 1.165) is 62.3 Å². The van der Waals surface area contributed by atoms with Crippen LogP contribution in [0.4, 0.5) is 0 Å². The first-order chi connectivity index (χ1) is 15.7. The number of likely N-dealkylation sites (tertiary alicyclic amines) is 1. The Hall–Kier alpha value is -2.68. The van der Waals surface area contributed by atoms with Crippen LogP contribution in [0.1, 0.15) is 55.2 Å². The summed E-state index contributed by atoms with van der Waals surface area (Å²) in [6, 6.07) is 8.08. The normalized spacial score (nSPS) is 18.8. The first-order valence-corrected chi connectivity index (χ1v) is 11.8. The lowest BCUT2D eigenvalue weighted by atomic mass is 10.1. The van der Waals surface area contributed by atoms with Gasteiger partial charge in [-0.25, -0.2) is 0 Å². The van der Waals surface area contributed by atoms with E-state index in [4.69, 9.17) is 10.00 Å². The lowest BCUT2D eigenvalue weighted by Crippen LogP contribution is -2.26. The number of hydrogen-bond acceptors (Lipinski definition) is 5. The van der Waals surface area contributed by atoms with Gasteiger partial charge in [0.15, 0.2) is 0 Å². The smallest absolute Gasteiger partial charge is 0.149 e. The van der Waals surface area contributed by atoms with E-state index in [-0.39, 0.29) is 0 Å². The van der Waals surface area contributed by atoms with E-state index >= 15 is 0 Å². The summed E-state index contributed by atoms with van der Waals surface area (Å²) in [5.41, 5.74) is 4.15. The first-order valence-electron chi connectivity index (χ1n) is 11.8. The Morgan fingerprint density at radius 2 is 1.84 bits per heavy atom. The minimum atomic E-state index is 0.726. The Morgan fingerprint density at radius 1 is 1.06 bits per heavy atom. The summed E-state index contributed by atoms with van der Waals surface area (Å²) >= 11 is 0. The molecule has 1 fully saturated rings. The predicted molar refractivity (Wildman–Crippen MR) is 128 cm³/mol. The minimum Gasteiger partial charge on any atom is -0.494 e. The van der Waals surface area contributed by atoms with Gasteiger partial charge in [-0.1, -0.05) is 25.0 Å². The molecule has 1 aromatic rings. The van der Waals surface area contributed by atoms with Crippen LogP contribution < -0.4 is 0 Å². The molecule has 0 N–H and O–H groups in total. The van der Waals surface area contributed by atoms with Crippen molar-refractivity contribution in [1.29, 1.82) is 5.26 Å². The molecule has 32 heavy (non-hydrogen) atoms. The molecule has 2 heterocycles. The third-order valence-corrected chi connectivity index (χ3v) is 6.05. The van der Waals surface area contributed by atoms with Crippen molar-refractivity contribution in [2.75, 3.05) is 33.3 Å². The van der Waals surface area contributed by atoms with Gasteiger partial charge in [-0.3, -0.25) is 9.69 Å². The third kappa shape index (κ3) is 7.78. The number of carbonyl (C=O) groups excluding carboxylic acids is 1. The largest absolute Gasteiger partial charge is 0.494 e. The Labute approximate surface area is 192 Å². The summed E-state index contributed by atoms with van der Waals surface area (Å²) in [5, 5.41) is 8.67. The highest BCUT2D eigenvalue weighted by Crippen LogP contribution is 2.21. The zero-order valence-electron chi connectivity index (χ0n) is 19.3. The molecule has 4 rings (SSSR count). The number of aldehydes is 1. The first kappa shape index (κ1) is 24.0. The van der Waals surface area contributed by atoms with Crippen LogP contribution in [-0.4, -0.2) is 49.4 Å². The summed E-state index contributed by atoms with van der Waals surface area (Å²) in [6.45, 7) is 6.37. The third-order valence-electron chi connectivity index (χ3n) is 6.05. The van der Waals surface area contributed by atoms with Crippen LogP contribution in [0.3, 0.4) is 0 Å². The molecular formula is C27H35N3O2. The second kappa shape index (κ2) is 13.0. The van der Waals surface area contributed by atoms with Gasteiger partial charge in [-0.15, -0.1) is 0 Å². The fourth-order valence-electron chi connectivity index (χ4n) is 4.29. The zero-order chi connectivity index (χ0) is 22.6. The molecule has 5 heteroatoms. The number of allylic oxidation sites excluding steroid dienone is 5. The molecule has 2 aliphatic heterocycles. The Kier molecular flexibility index (Phi) is 9.74. The van der Waals surface area contributed by atoms with Crippen molar-refractivity contribution in [2.24, 2.45) is 0 Å². The second-order valence-corrected chi connectivity index (χ2v) is 8.72. The van der Waals surface area contributed by atoms with Crippen molar-refractivity contribution < 1.29 is 9.53 Å². The Bertz CT molecular complexity index is 887. The predicted octanol–water partition coefficient (Wildman–Crippen LogP) is 4.74. The van der Waals surface area contributed by atoms with Gasteiger partial charge < -0.3 is 9.64 Å². The number of hydrogen-bond donors (Lipinski definition) is 0. The molecular weight excluding hydrogens is 398 g/mol. The zero-order valence-corrected chi connectivity index (χ0v) is 19.3. The van der Waals surface area contributed by atoms with E-state index in [1.165, 1.54) is 49.9 Å². The maximum absolute atomic E-state index is 10.7. The number of nitriles is 1. The van der Waals surface area contributed by atoms with Crippen LogP contribution >= 0.6 is 0 Å². The van der Waals surface area contributed by atoms with Crippen LogP contribution in [0.15, 0.2) is 53.8 Å². The molecule has 1 aliphatic carbocycles. The molecule has 0 atom stereocenters. The minimum absolute atomic E-state index is 0.726. The van der Waals surface area contributed by atoms with Gasteiger partial charge in [-0.05, 0) is 87.3 Å². The lowest BCUT2D eigenvalue weighted by Gasteiger charge is -2.19. The van der Waals surface area contributed by atoms with Gasteiger partial charge >= 0.3 is 0 Å². The maximum Gasteiger partial charge on any atom is 0.149 e. The molecule has 1 saturated heterocycles. The van der Waals surface area contributed by atoms with Crippen LogP contribution in [0.5, 0.6) is 0 Å². The number of carbonyl (C=O) groups is 1. The Balaban J connectivity index is 0.000000204. The van der Waals surface area contributed by atoms with E-state index in [0.29, 0.717) is 0 Å². The van der Waals surface area contributed by atoms with Gasteiger partial charge in [-0.2, -0.15) is 5.26 Å². The van der Waals surface area contributed by atoms with E-state index in [1.54, 1.807) is 0 Å². The van der Waals surface area contributed by atoms with Crippen molar-refractivity contribution in [1.82, 2.24) is 9.80 Å². The number of benzene rings is 1. The number of nitrogens with zero attached hydrogens (tertiary/aromatic N) is 3. The van der Waals surface area contributed by atoms with E-state index < -0.39 is 0 Å². The van der Waals surface area contributed by atoms with Crippen molar-refractivity contribution in [3.63, 3.8) is 0 Å². The number of ether oxygens (including phenoxy) is 1. The standard InChI is InChI=1S/C17H25NO2.C10H10N2/c19-15-16-7-5-8-17(10-9-16)20-14-6-13-18-11-3-1-2-4-12-18;1-12-6-9-3-2-8(5-11)4-10(9)7-12/h7-10,15H,1-6,11-14H2;2-4H,6-7H2,1H3. The van der Waals surface area contributed by atoms with Gasteiger partial charge in [0.05, 0.1) is 18.2 Å². The van der Waals surface area contributed by atoms with Crippen molar-refractivity contribution in [2.45, 2.75) is 51.6 Å². The molecule has 1 aromatic carbocycles. The molecule has 0 saturated carbocycles. The highest BCUT2D eigenvalue weighted by Gasteiger charge is 2.15. The summed E-state index contributed by atoms with van der Waals surface area (Å²) in [4.78, 5) is 15.5. The molecule has 0 unspecified atom stereocenters. The van der Waals surface area contributed by atoms with Crippen LogP contribution in [0.25, 0.3) is 0 Å². The topological polar surface area (TPSA) is 56.6 Å². The fourth-order valence-corrected chi connectivity index (χ4v) is 4.29. The monoisotopic (exact) mass is 433 g/mol. The summed E-state index contributed by atoms with van der Waals surface area (Å²) < 4.78 is 5.78. The molecule has 0 bridgehead atoms. The fraction of sp³-hybridized carbons (Fsp3) is 0.481. The summed E-state index contributed by atoms with van der Waals surface area (Å²) in [5.74, 6) is 0.883. The quantitative estimate of drug-likeness (QED) is 0.479. The summed E-state index contributed by atoms with van der Waals surface area (Å²) in [6.07, 6.45) is 15.8. The molecule has 0 amide bonds. The highest BCUT2D eigenvalue weighted by atomic mass is 16.5. The second-order valence-electron chi connectivity index (χ2n) is 8.72. The highest BCUT2D eigenvalue weighted by molar-refractivity contribution is 5.77. The molecule has 0 radical (unpaired) electrons. The molecule has 5 nitrogen and oxygen atoms in total. The lowest BCUT2D eigenvalue weighted by molar-refractivity contribution is -0.104. The van der Waals surface area contributed by atoms with Crippen molar-refractivity contribution >= 4 is 6.29 Å². The van der Waals surface area contributed by atoms with Crippen molar-refractivity contribution in [3.8, 4) is 6.07 Å². The van der Waals surface area contributed by atoms with Gasteiger partial charge in [0, 0.05) is 25.2 Å². The van der Waals surface area contributed by atoms with Gasteiger partial charge in [0.1, 0.15) is 12.0 Å². The molecule has 170 valence electrons. The van der Waals surface area contributed by atoms with Gasteiger partial charge in [0.2, 0.25) is 0 Å². The van der Waals surface area contributed by atoms with E-state index in [2.05, 4.69) is 29.0 Å². The number of rotatable bonds is 6.